The smallest absolute Gasteiger partial charge is 0.318 e. The molecule has 2 saturated carbocycles. The van der Waals surface area contributed by atoms with Gasteiger partial charge in [-0.25, -0.2) is 4.79 Å². The summed E-state index contributed by atoms with van der Waals surface area (Å²) in [5, 5.41) is 3.03. The Hall–Kier alpha value is -2.63. The third-order valence-corrected chi connectivity index (χ3v) is 5.61. The lowest BCUT2D eigenvalue weighted by Crippen LogP contribution is -2.40. The second-order valence-corrected chi connectivity index (χ2v) is 7.83. The number of fused-ring (bicyclic) bond motifs is 1. The predicted octanol–water partition coefficient (Wildman–Crippen LogP) is 4.01. The van der Waals surface area contributed by atoms with Crippen molar-refractivity contribution < 1.29 is 18.7 Å². The molecule has 2 fully saturated rings. The van der Waals surface area contributed by atoms with E-state index in [4.69, 9.17) is 13.9 Å². The third-order valence-electron chi connectivity index (χ3n) is 5.61. The van der Waals surface area contributed by atoms with E-state index >= 15 is 0 Å². The Morgan fingerprint density at radius 1 is 1.19 bits per heavy atom. The van der Waals surface area contributed by atoms with Gasteiger partial charge in [-0.15, -0.1) is 0 Å². The van der Waals surface area contributed by atoms with Gasteiger partial charge in [0.25, 0.3) is 0 Å². The van der Waals surface area contributed by atoms with Gasteiger partial charge in [0.2, 0.25) is 6.79 Å². The van der Waals surface area contributed by atoms with Gasteiger partial charge in [-0.05, 0) is 55.0 Å². The number of rotatable bonds is 6. The first kappa shape index (κ1) is 16.5. The van der Waals surface area contributed by atoms with E-state index in [1.807, 2.05) is 29.2 Å². The summed E-state index contributed by atoms with van der Waals surface area (Å²) in [6, 6.07) is 10.1. The van der Waals surface area contributed by atoms with E-state index in [0.717, 1.165) is 41.4 Å². The summed E-state index contributed by atoms with van der Waals surface area (Å²) < 4.78 is 16.7. The molecule has 2 atom stereocenters. The summed E-state index contributed by atoms with van der Waals surface area (Å²) in [4.78, 5) is 14.7. The molecule has 0 spiro atoms. The van der Waals surface area contributed by atoms with E-state index in [1.54, 1.807) is 0 Å². The Kier molecular flexibility index (Phi) is 3.99. The summed E-state index contributed by atoms with van der Waals surface area (Å²) >= 11 is 0. The van der Waals surface area contributed by atoms with Gasteiger partial charge in [-0.3, -0.25) is 0 Å². The minimum Gasteiger partial charge on any atom is -0.464 e. The van der Waals surface area contributed by atoms with Crippen LogP contribution in [0.3, 0.4) is 0 Å². The quantitative estimate of drug-likeness (QED) is 0.837. The van der Waals surface area contributed by atoms with Crippen LogP contribution in [0, 0.1) is 5.92 Å². The van der Waals surface area contributed by atoms with Gasteiger partial charge < -0.3 is 24.1 Å². The predicted molar refractivity (Wildman–Crippen MR) is 98.6 cm³/mol. The molecular formula is C21H24N2O4. The zero-order valence-electron chi connectivity index (χ0n) is 15.4. The monoisotopic (exact) mass is 368 g/mol. The number of carbonyl (C=O) groups excluding carboxylic acids is 1. The molecule has 3 aliphatic rings. The average molecular weight is 368 g/mol. The molecule has 2 heterocycles. The van der Waals surface area contributed by atoms with Crippen LogP contribution in [0.2, 0.25) is 0 Å². The summed E-state index contributed by atoms with van der Waals surface area (Å²) in [5.74, 6) is 4.70. The SMILES string of the molecule is CC1CC1c1ccc(CN(C(=O)NCc2ccc3c(c2)OCO3)C2CC2)o1. The number of nitrogens with one attached hydrogen (secondary N) is 1. The van der Waals surface area contributed by atoms with Crippen LogP contribution in [-0.4, -0.2) is 23.8 Å². The maximum atomic E-state index is 12.8. The summed E-state index contributed by atoms with van der Waals surface area (Å²) in [5.41, 5.74) is 0.992. The van der Waals surface area contributed by atoms with Crippen molar-refractivity contribution >= 4 is 6.03 Å². The molecule has 1 aliphatic heterocycles. The molecule has 2 aliphatic carbocycles. The topological polar surface area (TPSA) is 63.9 Å². The Labute approximate surface area is 158 Å². The Balaban J connectivity index is 1.21. The van der Waals surface area contributed by atoms with Crippen molar-refractivity contribution in [2.45, 2.75) is 51.2 Å². The molecule has 142 valence electrons. The first-order valence-electron chi connectivity index (χ1n) is 9.69. The van der Waals surface area contributed by atoms with Crippen LogP contribution in [0.1, 0.15) is 49.2 Å². The minimum atomic E-state index is -0.0482. The van der Waals surface area contributed by atoms with Crippen molar-refractivity contribution in [3.8, 4) is 11.5 Å². The van der Waals surface area contributed by atoms with Gasteiger partial charge >= 0.3 is 6.03 Å². The highest BCUT2D eigenvalue weighted by Gasteiger charge is 2.37. The normalized spacial score (nSPS) is 22.6. The Morgan fingerprint density at radius 3 is 2.78 bits per heavy atom. The largest absolute Gasteiger partial charge is 0.464 e. The number of hydrogen-bond acceptors (Lipinski definition) is 4. The lowest BCUT2D eigenvalue weighted by atomic mass is 10.2. The molecule has 0 bridgehead atoms. The van der Waals surface area contributed by atoms with Crippen LogP contribution in [0.5, 0.6) is 11.5 Å². The lowest BCUT2D eigenvalue weighted by Gasteiger charge is -2.22. The molecule has 0 saturated heterocycles. The van der Waals surface area contributed by atoms with Crippen LogP contribution in [0.15, 0.2) is 34.7 Å². The highest BCUT2D eigenvalue weighted by Crippen LogP contribution is 2.47. The zero-order valence-corrected chi connectivity index (χ0v) is 15.4. The fraction of sp³-hybridized carbons (Fsp3) is 0.476. The standard InChI is InChI=1S/C21H24N2O4/c1-13-8-17(13)18-7-5-16(27-18)11-23(15-3-4-15)21(24)22-10-14-2-6-19-20(9-14)26-12-25-19/h2,5-7,9,13,15,17H,3-4,8,10-12H2,1H3,(H,22,24). The molecule has 1 aromatic heterocycles. The molecule has 27 heavy (non-hydrogen) atoms. The van der Waals surface area contributed by atoms with E-state index < -0.39 is 0 Å². The van der Waals surface area contributed by atoms with Crippen molar-refractivity contribution in [1.82, 2.24) is 10.2 Å². The number of ether oxygens (including phenoxy) is 2. The maximum Gasteiger partial charge on any atom is 0.318 e. The Morgan fingerprint density at radius 2 is 2.00 bits per heavy atom. The van der Waals surface area contributed by atoms with Crippen LogP contribution >= 0.6 is 0 Å². The number of carbonyl (C=O) groups is 1. The van der Waals surface area contributed by atoms with Crippen molar-refractivity contribution in [2.24, 2.45) is 5.92 Å². The maximum absolute atomic E-state index is 12.8. The molecular weight excluding hydrogens is 344 g/mol. The van der Waals surface area contributed by atoms with Crippen molar-refractivity contribution in [2.75, 3.05) is 6.79 Å². The van der Waals surface area contributed by atoms with Gasteiger partial charge in [0.15, 0.2) is 11.5 Å². The van der Waals surface area contributed by atoms with Crippen LogP contribution in [0.25, 0.3) is 0 Å². The van der Waals surface area contributed by atoms with Gasteiger partial charge in [-0.2, -0.15) is 0 Å². The number of nitrogens with zero attached hydrogens (tertiary/aromatic N) is 1. The fourth-order valence-corrected chi connectivity index (χ4v) is 3.65. The van der Waals surface area contributed by atoms with Gasteiger partial charge in [0.05, 0.1) is 6.54 Å². The van der Waals surface area contributed by atoms with E-state index in [-0.39, 0.29) is 12.8 Å². The molecule has 2 amide bonds. The Bertz CT molecular complexity index is 858. The van der Waals surface area contributed by atoms with Crippen molar-refractivity contribution in [3.63, 3.8) is 0 Å². The first-order chi connectivity index (χ1) is 13.2. The molecule has 0 radical (unpaired) electrons. The number of furan rings is 1. The first-order valence-corrected chi connectivity index (χ1v) is 9.69. The number of benzene rings is 1. The highest BCUT2D eigenvalue weighted by atomic mass is 16.7. The molecule has 2 aromatic rings. The van der Waals surface area contributed by atoms with Crippen LogP contribution in [-0.2, 0) is 13.1 Å². The number of urea groups is 1. The zero-order chi connectivity index (χ0) is 18.4. The molecule has 1 aromatic carbocycles. The van der Waals surface area contributed by atoms with Gasteiger partial charge in [0.1, 0.15) is 11.5 Å². The van der Waals surface area contributed by atoms with Crippen LogP contribution < -0.4 is 14.8 Å². The highest BCUT2D eigenvalue weighted by molar-refractivity contribution is 5.75. The van der Waals surface area contributed by atoms with Crippen LogP contribution in [0.4, 0.5) is 4.79 Å². The van der Waals surface area contributed by atoms with E-state index in [1.165, 1.54) is 6.42 Å². The van der Waals surface area contributed by atoms with Gasteiger partial charge in [-0.1, -0.05) is 13.0 Å². The summed E-state index contributed by atoms with van der Waals surface area (Å²) in [6.45, 7) is 3.48. The number of hydrogen-bond donors (Lipinski definition) is 1. The molecule has 6 nitrogen and oxygen atoms in total. The van der Waals surface area contributed by atoms with Crippen molar-refractivity contribution in [1.29, 1.82) is 0 Å². The minimum absolute atomic E-state index is 0.0482. The third kappa shape index (κ3) is 3.48. The lowest BCUT2D eigenvalue weighted by molar-refractivity contribution is 0.174. The van der Waals surface area contributed by atoms with Gasteiger partial charge in [0, 0.05) is 18.5 Å². The van der Waals surface area contributed by atoms with E-state index in [0.29, 0.717) is 31.0 Å². The molecule has 1 N–H and O–H groups in total. The average Bonchev–Trinajstić information content (AvgIpc) is 3.54. The summed E-state index contributed by atoms with van der Waals surface area (Å²) in [6.07, 6.45) is 3.32. The second-order valence-electron chi connectivity index (χ2n) is 7.83. The number of amides is 2. The van der Waals surface area contributed by atoms with E-state index in [2.05, 4.69) is 18.3 Å². The van der Waals surface area contributed by atoms with Crippen molar-refractivity contribution in [3.05, 3.63) is 47.4 Å². The fourth-order valence-electron chi connectivity index (χ4n) is 3.65. The molecule has 5 rings (SSSR count). The van der Waals surface area contributed by atoms with E-state index in [9.17, 15) is 4.79 Å². The molecule has 2 unspecified atom stereocenters. The second kappa shape index (κ2) is 6.51. The summed E-state index contributed by atoms with van der Waals surface area (Å²) in [7, 11) is 0. The molecule has 6 heteroatoms.